The Kier molecular flexibility index (Phi) is 1.22. The zero-order chi connectivity index (χ0) is 6.97. The molecule has 0 spiro atoms. The van der Waals surface area contributed by atoms with Gasteiger partial charge in [0.2, 0.25) is 0 Å². The van der Waals surface area contributed by atoms with Crippen molar-refractivity contribution in [3.8, 4) is 0 Å². The monoisotopic (exact) mass is 155 g/mol. The van der Waals surface area contributed by atoms with Crippen LogP contribution in [-0.4, -0.2) is 10.3 Å². The van der Waals surface area contributed by atoms with Gasteiger partial charge >= 0.3 is 0 Å². The molecule has 0 saturated carbocycles. The molecular formula is C6H5NO2S. The fraction of sp³-hybridized carbons (Fsp3) is 0.167. The fourth-order valence-corrected chi connectivity index (χ4v) is 1.61. The largest absolute Gasteiger partial charge is 0.390 e. The van der Waals surface area contributed by atoms with Crippen LogP contribution in [0.5, 0.6) is 0 Å². The van der Waals surface area contributed by atoms with Crippen LogP contribution >= 0.6 is 11.3 Å². The SMILES string of the molecule is OCc1noc2ccsc12. The molecule has 0 bridgehead atoms. The fourth-order valence-electron chi connectivity index (χ4n) is 0.826. The van der Waals surface area contributed by atoms with Crippen LogP contribution in [0.1, 0.15) is 5.69 Å². The van der Waals surface area contributed by atoms with Crippen LogP contribution in [0.3, 0.4) is 0 Å². The zero-order valence-electron chi connectivity index (χ0n) is 5.07. The van der Waals surface area contributed by atoms with Crippen molar-refractivity contribution in [1.29, 1.82) is 0 Å². The molecule has 0 aliphatic carbocycles. The molecule has 0 atom stereocenters. The van der Waals surface area contributed by atoms with Gasteiger partial charge in [-0.05, 0) is 11.4 Å². The molecule has 1 N–H and O–H groups in total. The maximum atomic E-state index is 8.73. The number of rotatable bonds is 1. The summed E-state index contributed by atoms with van der Waals surface area (Å²) in [6, 6.07) is 1.84. The lowest BCUT2D eigenvalue weighted by Crippen LogP contribution is -1.79. The van der Waals surface area contributed by atoms with Crippen molar-refractivity contribution in [2.75, 3.05) is 0 Å². The second-order valence-corrected chi connectivity index (χ2v) is 2.82. The van der Waals surface area contributed by atoms with Gasteiger partial charge in [0, 0.05) is 0 Å². The third kappa shape index (κ3) is 0.661. The first-order valence-corrected chi connectivity index (χ1v) is 3.72. The van der Waals surface area contributed by atoms with E-state index < -0.39 is 0 Å². The molecule has 3 nitrogen and oxygen atoms in total. The molecule has 2 aromatic heterocycles. The first kappa shape index (κ1) is 5.88. The molecular weight excluding hydrogens is 150 g/mol. The third-order valence-electron chi connectivity index (χ3n) is 1.30. The van der Waals surface area contributed by atoms with Gasteiger partial charge in [0.1, 0.15) is 5.69 Å². The second kappa shape index (κ2) is 2.07. The van der Waals surface area contributed by atoms with Crippen molar-refractivity contribution in [3.63, 3.8) is 0 Å². The number of aliphatic hydroxyl groups is 1. The highest BCUT2D eigenvalue weighted by atomic mass is 32.1. The Morgan fingerprint density at radius 2 is 2.60 bits per heavy atom. The summed E-state index contributed by atoms with van der Waals surface area (Å²) < 4.78 is 5.83. The summed E-state index contributed by atoms with van der Waals surface area (Å²) in [7, 11) is 0. The maximum absolute atomic E-state index is 8.73. The van der Waals surface area contributed by atoms with Crippen molar-refractivity contribution >= 4 is 21.6 Å². The van der Waals surface area contributed by atoms with Crippen LogP contribution in [0.25, 0.3) is 10.3 Å². The van der Waals surface area contributed by atoms with Gasteiger partial charge in [-0.15, -0.1) is 11.3 Å². The highest BCUT2D eigenvalue weighted by molar-refractivity contribution is 7.17. The lowest BCUT2D eigenvalue weighted by Gasteiger charge is -1.79. The molecule has 0 amide bonds. The van der Waals surface area contributed by atoms with Gasteiger partial charge in [0.15, 0.2) is 5.58 Å². The topological polar surface area (TPSA) is 46.3 Å². The molecule has 0 fully saturated rings. The first-order valence-electron chi connectivity index (χ1n) is 2.84. The van der Waals surface area contributed by atoms with Gasteiger partial charge in [-0.3, -0.25) is 0 Å². The van der Waals surface area contributed by atoms with Crippen LogP contribution in [-0.2, 0) is 6.61 Å². The number of fused-ring (bicyclic) bond motifs is 1. The van der Waals surface area contributed by atoms with E-state index in [2.05, 4.69) is 5.16 Å². The van der Waals surface area contributed by atoms with Crippen LogP contribution in [0, 0.1) is 0 Å². The number of aliphatic hydroxyl groups excluding tert-OH is 1. The van der Waals surface area contributed by atoms with E-state index in [0.29, 0.717) is 5.69 Å². The number of hydrogen-bond acceptors (Lipinski definition) is 4. The molecule has 10 heavy (non-hydrogen) atoms. The van der Waals surface area contributed by atoms with Crippen LogP contribution in [0.15, 0.2) is 16.0 Å². The molecule has 2 rings (SSSR count). The Balaban J connectivity index is 2.76. The highest BCUT2D eigenvalue weighted by Crippen LogP contribution is 2.23. The summed E-state index contributed by atoms with van der Waals surface area (Å²) in [6.07, 6.45) is 0. The summed E-state index contributed by atoms with van der Waals surface area (Å²) in [4.78, 5) is 0. The summed E-state index contributed by atoms with van der Waals surface area (Å²) in [6.45, 7) is -0.0481. The molecule has 2 aromatic rings. The van der Waals surface area contributed by atoms with Crippen molar-refractivity contribution < 1.29 is 9.63 Å². The number of thiophene rings is 1. The quantitative estimate of drug-likeness (QED) is 0.676. The van der Waals surface area contributed by atoms with Gasteiger partial charge in [-0.2, -0.15) is 0 Å². The molecule has 0 saturated heterocycles. The zero-order valence-corrected chi connectivity index (χ0v) is 5.89. The molecule has 0 radical (unpaired) electrons. The lowest BCUT2D eigenvalue weighted by molar-refractivity contribution is 0.269. The highest BCUT2D eigenvalue weighted by Gasteiger charge is 2.06. The van der Waals surface area contributed by atoms with E-state index in [4.69, 9.17) is 9.63 Å². The van der Waals surface area contributed by atoms with E-state index in [0.717, 1.165) is 10.3 Å². The predicted octanol–water partition coefficient (Wildman–Crippen LogP) is 1.38. The van der Waals surface area contributed by atoms with Crippen LogP contribution < -0.4 is 0 Å². The second-order valence-electron chi connectivity index (χ2n) is 1.90. The van der Waals surface area contributed by atoms with Gasteiger partial charge in [-0.25, -0.2) is 0 Å². The number of hydrogen-bond donors (Lipinski definition) is 1. The standard InChI is InChI=1S/C6H5NO2S/c8-3-4-6-5(9-7-4)1-2-10-6/h1-2,8H,3H2. The minimum atomic E-state index is -0.0481. The van der Waals surface area contributed by atoms with E-state index in [1.807, 2.05) is 11.4 Å². The van der Waals surface area contributed by atoms with E-state index in [1.165, 1.54) is 11.3 Å². The molecule has 0 unspecified atom stereocenters. The number of aromatic nitrogens is 1. The molecule has 0 aliphatic heterocycles. The minimum absolute atomic E-state index is 0.0481. The summed E-state index contributed by atoms with van der Waals surface area (Å²) >= 11 is 1.53. The van der Waals surface area contributed by atoms with Crippen molar-refractivity contribution in [1.82, 2.24) is 5.16 Å². The molecule has 2 heterocycles. The summed E-state index contributed by atoms with van der Waals surface area (Å²) in [5.74, 6) is 0. The molecule has 0 aromatic carbocycles. The van der Waals surface area contributed by atoms with Crippen LogP contribution in [0.4, 0.5) is 0 Å². The predicted molar refractivity (Wildman–Crippen MR) is 37.8 cm³/mol. The van der Waals surface area contributed by atoms with Gasteiger partial charge in [-0.1, -0.05) is 5.16 Å². The van der Waals surface area contributed by atoms with Crippen molar-refractivity contribution in [2.45, 2.75) is 6.61 Å². The Morgan fingerprint density at radius 3 is 3.40 bits per heavy atom. The average Bonchev–Trinajstić information content (AvgIpc) is 2.44. The van der Waals surface area contributed by atoms with Gasteiger partial charge in [0.25, 0.3) is 0 Å². The maximum Gasteiger partial charge on any atom is 0.177 e. The third-order valence-corrected chi connectivity index (χ3v) is 2.24. The smallest absolute Gasteiger partial charge is 0.177 e. The Bertz CT molecular complexity index is 338. The van der Waals surface area contributed by atoms with E-state index >= 15 is 0 Å². The Hall–Kier alpha value is -0.870. The van der Waals surface area contributed by atoms with Crippen molar-refractivity contribution in [2.24, 2.45) is 0 Å². The Labute approximate surface area is 60.9 Å². The van der Waals surface area contributed by atoms with Crippen molar-refractivity contribution in [3.05, 3.63) is 17.1 Å². The van der Waals surface area contributed by atoms with E-state index in [-0.39, 0.29) is 6.61 Å². The molecule has 0 aliphatic rings. The lowest BCUT2D eigenvalue weighted by atomic mass is 10.4. The summed E-state index contributed by atoms with van der Waals surface area (Å²) in [5, 5.41) is 14.3. The Morgan fingerprint density at radius 1 is 1.70 bits per heavy atom. The minimum Gasteiger partial charge on any atom is -0.390 e. The summed E-state index contributed by atoms with van der Waals surface area (Å²) in [5.41, 5.74) is 1.39. The van der Waals surface area contributed by atoms with E-state index in [9.17, 15) is 0 Å². The van der Waals surface area contributed by atoms with E-state index in [1.54, 1.807) is 0 Å². The van der Waals surface area contributed by atoms with Crippen LogP contribution in [0.2, 0.25) is 0 Å². The molecule has 52 valence electrons. The van der Waals surface area contributed by atoms with Gasteiger partial charge < -0.3 is 9.63 Å². The molecule has 4 heteroatoms. The first-order chi connectivity index (χ1) is 4.92. The number of nitrogens with zero attached hydrogens (tertiary/aromatic N) is 1. The van der Waals surface area contributed by atoms with Gasteiger partial charge in [0.05, 0.1) is 11.3 Å². The normalized spacial score (nSPS) is 10.9. The average molecular weight is 155 g/mol.